The number of likely N-dealkylation sites (N-methyl/N-ethyl adjacent to an activating group) is 1. The summed E-state index contributed by atoms with van der Waals surface area (Å²) in [5.41, 5.74) is 8.13. The Morgan fingerprint density at radius 2 is 1.92 bits per heavy atom. The van der Waals surface area contributed by atoms with Crippen molar-refractivity contribution in [1.29, 1.82) is 0 Å². The van der Waals surface area contributed by atoms with Gasteiger partial charge in [0.05, 0.1) is 6.04 Å². The zero-order chi connectivity index (χ0) is 17.3. The highest BCUT2D eigenvalue weighted by molar-refractivity contribution is 6.30. The Morgan fingerprint density at radius 3 is 2.50 bits per heavy atom. The summed E-state index contributed by atoms with van der Waals surface area (Å²) < 4.78 is 0. The molecule has 3 rings (SSSR count). The zero-order valence-electron chi connectivity index (χ0n) is 15.3. The van der Waals surface area contributed by atoms with Crippen LogP contribution in [0.2, 0.25) is 5.02 Å². The average Bonchev–Trinajstić information content (AvgIpc) is 3.15. The van der Waals surface area contributed by atoms with Gasteiger partial charge in [-0.2, -0.15) is 0 Å². The highest BCUT2D eigenvalue weighted by Gasteiger charge is 2.38. The molecule has 2 unspecified atom stereocenters. The minimum Gasteiger partial charge on any atom is -0.305 e. The molecule has 1 aromatic rings. The van der Waals surface area contributed by atoms with Crippen LogP contribution in [0, 0.1) is 17.8 Å². The molecule has 134 valence electrons. The van der Waals surface area contributed by atoms with Crippen LogP contribution in [-0.4, -0.2) is 56.1 Å². The second kappa shape index (κ2) is 7.71. The third kappa shape index (κ3) is 3.94. The van der Waals surface area contributed by atoms with E-state index in [9.17, 15) is 0 Å². The molecule has 0 saturated carbocycles. The summed E-state index contributed by atoms with van der Waals surface area (Å²) in [5.74, 6) is 2.07. The van der Waals surface area contributed by atoms with Crippen molar-refractivity contribution < 1.29 is 0 Å². The second-order valence-corrected chi connectivity index (χ2v) is 8.41. The van der Waals surface area contributed by atoms with Crippen LogP contribution in [-0.2, 0) is 0 Å². The van der Waals surface area contributed by atoms with Crippen molar-refractivity contribution in [2.75, 3.05) is 40.3 Å². The number of nitrogens with zero attached hydrogens (tertiary/aromatic N) is 2. The van der Waals surface area contributed by atoms with Crippen molar-refractivity contribution in [2.24, 2.45) is 17.8 Å². The Hall–Kier alpha value is -0.650. The molecule has 2 saturated heterocycles. The molecular formula is C19H31ClN4. The summed E-state index contributed by atoms with van der Waals surface area (Å²) in [6.45, 7) is 9.27. The predicted octanol–water partition coefficient (Wildman–Crippen LogP) is 2.62. The van der Waals surface area contributed by atoms with Crippen molar-refractivity contribution in [3.8, 4) is 0 Å². The molecule has 0 aromatic heterocycles. The van der Waals surface area contributed by atoms with E-state index in [1.165, 1.54) is 18.7 Å². The highest BCUT2D eigenvalue weighted by Crippen LogP contribution is 2.31. The molecule has 4 atom stereocenters. The van der Waals surface area contributed by atoms with E-state index >= 15 is 0 Å². The van der Waals surface area contributed by atoms with Crippen LogP contribution in [0.4, 0.5) is 0 Å². The lowest BCUT2D eigenvalue weighted by Crippen LogP contribution is -2.37. The number of hydrogen-bond acceptors (Lipinski definition) is 4. The van der Waals surface area contributed by atoms with Crippen LogP contribution in [0.1, 0.15) is 25.5 Å². The number of nitrogens with one attached hydrogen (secondary N) is 2. The first-order valence-corrected chi connectivity index (χ1v) is 9.46. The molecule has 24 heavy (non-hydrogen) atoms. The van der Waals surface area contributed by atoms with E-state index in [2.05, 4.69) is 60.7 Å². The van der Waals surface area contributed by atoms with Gasteiger partial charge in [0.2, 0.25) is 0 Å². The molecule has 2 fully saturated rings. The Morgan fingerprint density at radius 1 is 1.21 bits per heavy atom. The van der Waals surface area contributed by atoms with Crippen molar-refractivity contribution in [3.05, 3.63) is 34.9 Å². The van der Waals surface area contributed by atoms with Gasteiger partial charge < -0.3 is 9.80 Å². The van der Waals surface area contributed by atoms with Crippen LogP contribution in [0.5, 0.6) is 0 Å². The maximum atomic E-state index is 6.03. The molecule has 2 N–H and O–H groups in total. The van der Waals surface area contributed by atoms with E-state index in [1.807, 2.05) is 12.1 Å². The van der Waals surface area contributed by atoms with Gasteiger partial charge in [0.25, 0.3) is 0 Å². The number of rotatable bonds is 5. The maximum absolute atomic E-state index is 6.03. The molecule has 0 bridgehead atoms. The molecule has 5 heteroatoms. The van der Waals surface area contributed by atoms with Gasteiger partial charge in [-0.05, 0) is 43.6 Å². The summed E-state index contributed by atoms with van der Waals surface area (Å²) in [7, 11) is 4.44. The maximum Gasteiger partial charge on any atom is 0.0515 e. The van der Waals surface area contributed by atoms with Crippen LogP contribution in [0.3, 0.4) is 0 Å². The molecule has 0 amide bonds. The molecule has 0 aliphatic carbocycles. The van der Waals surface area contributed by atoms with Gasteiger partial charge >= 0.3 is 0 Å². The van der Waals surface area contributed by atoms with Crippen molar-refractivity contribution in [3.63, 3.8) is 0 Å². The first kappa shape index (κ1) is 18.2. The quantitative estimate of drug-likeness (QED) is 0.854. The molecule has 2 aliphatic heterocycles. The van der Waals surface area contributed by atoms with Crippen LogP contribution < -0.4 is 10.9 Å². The van der Waals surface area contributed by atoms with Crippen LogP contribution >= 0.6 is 11.6 Å². The van der Waals surface area contributed by atoms with Crippen molar-refractivity contribution in [2.45, 2.75) is 25.9 Å². The van der Waals surface area contributed by atoms with Gasteiger partial charge in [0.1, 0.15) is 0 Å². The molecular weight excluding hydrogens is 320 g/mol. The Labute approximate surface area is 151 Å². The van der Waals surface area contributed by atoms with E-state index in [-0.39, 0.29) is 0 Å². The molecule has 0 spiro atoms. The predicted molar refractivity (Wildman–Crippen MR) is 101 cm³/mol. The minimum absolute atomic E-state index is 0.359. The number of hydrogen-bond donors (Lipinski definition) is 2. The van der Waals surface area contributed by atoms with Crippen LogP contribution in [0.25, 0.3) is 0 Å². The van der Waals surface area contributed by atoms with E-state index in [1.54, 1.807) is 0 Å². The molecule has 2 aliphatic rings. The number of hydrazine groups is 1. The smallest absolute Gasteiger partial charge is 0.0515 e. The summed E-state index contributed by atoms with van der Waals surface area (Å²) in [4.78, 5) is 5.07. The Kier molecular flexibility index (Phi) is 5.83. The lowest BCUT2D eigenvalue weighted by Gasteiger charge is -2.27. The largest absolute Gasteiger partial charge is 0.305 e. The highest BCUT2D eigenvalue weighted by atomic mass is 35.5. The van der Waals surface area contributed by atoms with Crippen LogP contribution in [0.15, 0.2) is 24.3 Å². The topological polar surface area (TPSA) is 30.5 Å². The van der Waals surface area contributed by atoms with Crippen molar-refractivity contribution >= 4 is 11.6 Å². The van der Waals surface area contributed by atoms with Gasteiger partial charge in [0.15, 0.2) is 0 Å². The number of halogens is 1. The van der Waals surface area contributed by atoms with E-state index in [0.717, 1.165) is 29.9 Å². The zero-order valence-corrected chi connectivity index (χ0v) is 16.1. The first-order chi connectivity index (χ1) is 11.5. The van der Waals surface area contributed by atoms with Gasteiger partial charge in [-0.3, -0.25) is 5.43 Å². The van der Waals surface area contributed by atoms with Gasteiger partial charge in [-0.15, -0.1) is 0 Å². The SMILES string of the molecule is CC(C)[C@@H]1CN(CC2CNNC2c2ccc(Cl)cc2)C[C@H]1N(C)C. The number of likely N-dealkylation sites (tertiary alicyclic amines) is 1. The fourth-order valence-corrected chi connectivity index (χ4v) is 4.43. The summed E-state index contributed by atoms with van der Waals surface area (Å²) >= 11 is 6.03. The lowest BCUT2D eigenvalue weighted by atomic mass is 9.91. The third-order valence-electron chi connectivity index (χ3n) is 5.74. The fourth-order valence-electron chi connectivity index (χ4n) is 4.31. The average molecular weight is 351 g/mol. The number of benzene rings is 1. The molecule has 1 aromatic carbocycles. The van der Waals surface area contributed by atoms with E-state index in [4.69, 9.17) is 11.6 Å². The first-order valence-electron chi connectivity index (χ1n) is 9.08. The summed E-state index contributed by atoms with van der Waals surface area (Å²) in [6, 6.07) is 9.29. The van der Waals surface area contributed by atoms with Gasteiger partial charge in [-0.25, -0.2) is 5.43 Å². The van der Waals surface area contributed by atoms with Gasteiger partial charge in [-0.1, -0.05) is 37.6 Å². The summed E-state index contributed by atoms with van der Waals surface area (Å²) in [6.07, 6.45) is 0. The van der Waals surface area contributed by atoms with E-state index in [0.29, 0.717) is 18.0 Å². The monoisotopic (exact) mass is 350 g/mol. The standard InChI is InChI=1S/C19H31ClN4/c1-13(2)17-11-24(12-18(17)23(3)4)10-15-9-21-22-19(15)14-5-7-16(20)8-6-14/h5-8,13,15,17-19,21-22H,9-12H2,1-4H3/t15?,17-,18+,19?/m0/s1. The molecule has 4 nitrogen and oxygen atoms in total. The Bertz CT molecular complexity index is 515. The second-order valence-electron chi connectivity index (χ2n) is 7.97. The van der Waals surface area contributed by atoms with Crippen molar-refractivity contribution in [1.82, 2.24) is 20.7 Å². The normalized spacial score (nSPS) is 31.5. The molecule has 2 heterocycles. The summed E-state index contributed by atoms with van der Waals surface area (Å²) in [5, 5.41) is 0.800. The van der Waals surface area contributed by atoms with E-state index < -0.39 is 0 Å². The lowest BCUT2D eigenvalue weighted by molar-refractivity contribution is 0.214. The molecule has 0 radical (unpaired) electrons. The van der Waals surface area contributed by atoms with Gasteiger partial charge in [0, 0.05) is 43.2 Å². The third-order valence-corrected chi connectivity index (χ3v) is 6.00. The minimum atomic E-state index is 0.359. The Balaban J connectivity index is 1.65. The fraction of sp³-hybridized carbons (Fsp3) is 0.684.